The predicted molar refractivity (Wildman–Crippen MR) is 52.9 cm³/mol. The summed E-state index contributed by atoms with van der Waals surface area (Å²) >= 11 is 0. The number of pyridine rings is 1. The number of likely N-dealkylation sites (N-methyl/N-ethyl adjacent to an activating group) is 1. The van der Waals surface area contributed by atoms with Crippen LogP contribution in [0.3, 0.4) is 0 Å². The van der Waals surface area contributed by atoms with Gasteiger partial charge in [0.05, 0.1) is 12.6 Å². The second-order valence-corrected chi connectivity index (χ2v) is 3.16. The monoisotopic (exact) mass is 194 g/mol. The predicted octanol–water partition coefficient (Wildman–Crippen LogP) is 0.534. The first-order valence-corrected chi connectivity index (χ1v) is 4.46. The molecule has 0 spiro atoms. The number of aliphatic hydroxyl groups excluding tert-OH is 1. The maximum Gasteiger partial charge on any atom is 0.272 e. The van der Waals surface area contributed by atoms with Gasteiger partial charge >= 0.3 is 0 Å². The van der Waals surface area contributed by atoms with Gasteiger partial charge in [0.25, 0.3) is 5.91 Å². The van der Waals surface area contributed by atoms with Gasteiger partial charge in [-0.25, -0.2) is 0 Å². The number of rotatable bonds is 3. The van der Waals surface area contributed by atoms with E-state index in [2.05, 4.69) is 4.98 Å². The van der Waals surface area contributed by atoms with Crippen molar-refractivity contribution in [3.63, 3.8) is 0 Å². The van der Waals surface area contributed by atoms with Crippen LogP contribution in [-0.4, -0.2) is 40.6 Å². The molecular weight excluding hydrogens is 180 g/mol. The molecular formula is C10H14N2O2. The van der Waals surface area contributed by atoms with Crippen molar-refractivity contribution in [3.8, 4) is 0 Å². The van der Waals surface area contributed by atoms with Crippen molar-refractivity contribution < 1.29 is 9.90 Å². The van der Waals surface area contributed by atoms with Crippen LogP contribution in [0.5, 0.6) is 0 Å². The van der Waals surface area contributed by atoms with E-state index in [1.165, 1.54) is 4.90 Å². The zero-order valence-electron chi connectivity index (χ0n) is 8.34. The molecule has 1 rings (SSSR count). The smallest absolute Gasteiger partial charge is 0.272 e. The summed E-state index contributed by atoms with van der Waals surface area (Å²) in [5.41, 5.74) is 0.398. The Morgan fingerprint density at radius 1 is 1.64 bits per heavy atom. The van der Waals surface area contributed by atoms with Crippen molar-refractivity contribution in [3.05, 3.63) is 30.1 Å². The van der Waals surface area contributed by atoms with Gasteiger partial charge < -0.3 is 10.0 Å². The SMILES string of the molecule is CC(CO)N(C)C(=O)c1ccccn1. The van der Waals surface area contributed by atoms with Gasteiger partial charge in [-0.1, -0.05) is 6.07 Å². The summed E-state index contributed by atoms with van der Waals surface area (Å²) in [6, 6.07) is 4.98. The van der Waals surface area contributed by atoms with Crippen molar-refractivity contribution in [1.82, 2.24) is 9.88 Å². The number of carbonyl (C=O) groups is 1. The maximum absolute atomic E-state index is 11.7. The van der Waals surface area contributed by atoms with E-state index < -0.39 is 0 Å². The van der Waals surface area contributed by atoms with Crippen LogP contribution >= 0.6 is 0 Å². The highest BCUT2D eigenvalue weighted by Crippen LogP contribution is 2.02. The number of hydrogen-bond acceptors (Lipinski definition) is 3. The molecule has 0 saturated carbocycles. The minimum absolute atomic E-state index is 0.0466. The molecule has 0 aromatic carbocycles. The third-order valence-electron chi connectivity index (χ3n) is 2.13. The first kappa shape index (κ1) is 10.7. The second kappa shape index (κ2) is 4.72. The van der Waals surface area contributed by atoms with Crippen LogP contribution in [0.4, 0.5) is 0 Å². The Morgan fingerprint density at radius 2 is 2.36 bits per heavy atom. The molecule has 1 N–H and O–H groups in total. The summed E-state index contributed by atoms with van der Waals surface area (Å²) in [6.45, 7) is 1.73. The molecule has 0 bridgehead atoms. The van der Waals surface area contributed by atoms with Crippen LogP contribution in [0.1, 0.15) is 17.4 Å². The second-order valence-electron chi connectivity index (χ2n) is 3.16. The largest absolute Gasteiger partial charge is 0.394 e. The highest BCUT2D eigenvalue weighted by atomic mass is 16.3. The highest BCUT2D eigenvalue weighted by Gasteiger charge is 2.16. The molecule has 1 heterocycles. The first-order chi connectivity index (χ1) is 6.66. The molecule has 14 heavy (non-hydrogen) atoms. The topological polar surface area (TPSA) is 53.4 Å². The lowest BCUT2D eigenvalue weighted by molar-refractivity contribution is 0.0676. The lowest BCUT2D eigenvalue weighted by Gasteiger charge is -2.22. The van der Waals surface area contributed by atoms with E-state index in [0.717, 1.165) is 0 Å². The van der Waals surface area contributed by atoms with Crippen molar-refractivity contribution in [1.29, 1.82) is 0 Å². The quantitative estimate of drug-likeness (QED) is 0.763. The van der Waals surface area contributed by atoms with Gasteiger partial charge in [-0.2, -0.15) is 0 Å². The van der Waals surface area contributed by atoms with E-state index >= 15 is 0 Å². The van der Waals surface area contributed by atoms with Crippen LogP contribution in [0.2, 0.25) is 0 Å². The lowest BCUT2D eigenvalue weighted by Crippen LogP contribution is -2.37. The van der Waals surface area contributed by atoms with E-state index in [9.17, 15) is 4.79 Å². The van der Waals surface area contributed by atoms with Gasteiger partial charge in [-0.15, -0.1) is 0 Å². The van der Waals surface area contributed by atoms with Gasteiger partial charge in [0.1, 0.15) is 5.69 Å². The van der Waals surface area contributed by atoms with Crippen molar-refractivity contribution in [2.75, 3.05) is 13.7 Å². The zero-order chi connectivity index (χ0) is 10.6. The number of carbonyl (C=O) groups excluding carboxylic acids is 1. The normalized spacial score (nSPS) is 12.2. The Kier molecular flexibility index (Phi) is 3.59. The molecule has 0 aliphatic heterocycles. The molecule has 1 amide bonds. The third-order valence-corrected chi connectivity index (χ3v) is 2.13. The fraction of sp³-hybridized carbons (Fsp3) is 0.400. The van der Waals surface area contributed by atoms with Gasteiger partial charge in [-0.3, -0.25) is 9.78 Å². The molecule has 0 aliphatic rings. The Hall–Kier alpha value is -1.42. The van der Waals surface area contributed by atoms with Gasteiger partial charge in [0, 0.05) is 13.2 Å². The number of amides is 1. The standard InChI is InChI=1S/C10H14N2O2/c1-8(7-13)12(2)10(14)9-5-3-4-6-11-9/h3-6,8,13H,7H2,1-2H3. The number of aromatic nitrogens is 1. The molecule has 4 heteroatoms. The molecule has 0 fully saturated rings. The van der Waals surface area contributed by atoms with Crippen LogP contribution in [0, 0.1) is 0 Å². The summed E-state index contributed by atoms with van der Waals surface area (Å²) in [5.74, 6) is -0.174. The number of nitrogens with zero attached hydrogens (tertiary/aromatic N) is 2. The first-order valence-electron chi connectivity index (χ1n) is 4.46. The molecule has 1 aromatic rings. The zero-order valence-corrected chi connectivity index (χ0v) is 8.34. The van der Waals surface area contributed by atoms with Crippen LogP contribution < -0.4 is 0 Å². The van der Waals surface area contributed by atoms with E-state index in [4.69, 9.17) is 5.11 Å². The summed E-state index contributed by atoms with van der Waals surface area (Å²) in [6.07, 6.45) is 1.57. The Bertz CT molecular complexity index is 300. The van der Waals surface area contributed by atoms with E-state index in [-0.39, 0.29) is 18.6 Å². The number of aliphatic hydroxyl groups is 1. The fourth-order valence-corrected chi connectivity index (χ4v) is 0.993. The molecule has 0 aliphatic carbocycles. The molecule has 0 saturated heterocycles. The lowest BCUT2D eigenvalue weighted by atomic mass is 10.2. The average molecular weight is 194 g/mol. The minimum atomic E-state index is -0.190. The molecule has 4 nitrogen and oxygen atoms in total. The molecule has 76 valence electrons. The van der Waals surface area contributed by atoms with Crippen LogP contribution in [-0.2, 0) is 0 Å². The molecule has 1 unspecified atom stereocenters. The van der Waals surface area contributed by atoms with Crippen LogP contribution in [0.25, 0.3) is 0 Å². The van der Waals surface area contributed by atoms with Crippen molar-refractivity contribution >= 4 is 5.91 Å². The highest BCUT2D eigenvalue weighted by molar-refractivity contribution is 5.92. The summed E-state index contributed by atoms with van der Waals surface area (Å²) in [4.78, 5) is 17.1. The summed E-state index contributed by atoms with van der Waals surface area (Å²) < 4.78 is 0. The molecule has 1 atom stereocenters. The third kappa shape index (κ3) is 2.29. The summed E-state index contributed by atoms with van der Waals surface area (Å²) in [7, 11) is 1.65. The fourth-order valence-electron chi connectivity index (χ4n) is 0.993. The average Bonchev–Trinajstić information content (AvgIpc) is 2.27. The van der Waals surface area contributed by atoms with Gasteiger partial charge in [-0.05, 0) is 19.1 Å². The molecule has 0 radical (unpaired) electrons. The Balaban J connectivity index is 2.76. The number of hydrogen-bond donors (Lipinski definition) is 1. The Labute approximate surface area is 83.2 Å². The van der Waals surface area contributed by atoms with E-state index in [0.29, 0.717) is 5.69 Å². The van der Waals surface area contributed by atoms with Gasteiger partial charge in [0.2, 0.25) is 0 Å². The van der Waals surface area contributed by atoms with E-state index in [1.54, 1.807) is 38.4 Å². The van der Waals surface area contributed by atoms with Gasteiger partial charge in [0.15, 0.2) is 0 Å². The Morgan fingerprint density at radius 3 is 2.86 bits per heavy atom. The summed E-state index contributed by atoms with van der Waals surface area (Å²) in [5, 5.41) is 8.89. The van der Waals surface area contributed by atoms with Crippen molar-refractivity contribution in [2.24, 2.45) is 0 Å². The van der Waals surface area contributed by atoms with E-state index in [1.807, 2.05) is 0 Å². The van der Waals surface area contributed by atoms with Crippen LogP contribution in [0.15, 0.2) is 24.4 Å². The molecule has 1 aromatic heterocycles. The minimum Gasteiger partial charge on any atom is -0.394 e. The maximum atomic E-state index is 11.7. The van der Waals surface area contributed by atoms with Crippen molar-refractivity contribution in [2.45, 2.75) is 13.0 Å².